The molecule has 1 aromatic heterocycles. The fraction of sp³-hybridized carbons (Fsp3) is 0.412. The lowest BCUT2D eigenvalue weighted by molar-refractivity contribution is -0.136. The van der Waals surface area contributed by atoms with Gasteiger partial charge in [-0.25, -0.2) is 0 Å². The molecular weight excluding hydrogens is 278 g/mol. The zero-order valence-electron chi connectivity index (χ0n) is 13.5. The predicted octanol–water partition coefficient (Wildman–Crippen LogP) is 2.24. The monoisotopic (exact) mass is 301 g/mol. The molecule has 22 heavy (non-hydrogen) atoms. The van der Waals surface area contributed by atoms with Crippen molar-refractivity contribution in [2.45, 2.75) is 31.9 Å². The summed E-state index contributed by atoms with van der Waals surface area (Å²) in [6.45, 7) is 3.62. The third-order valence-electron chi connectivity index (χ3n) is 4.07. The number of aryl methyl sites for hydroxylation is 1. The lowest BCUT2D eigenvalue weighted by Crippen LogP contribution is -2.35. The van der Waals surface area contributed by atoms with Crippen molar-refractivity contribution in [2.24, 2.45) is 7.05 Å². The number of rotatable bonds is 5. The quantitative estimate of drug-likeness (QED) is 0.921. The number of hydrogen-bond donors (Lipinski definition) is 1. The molecule has 0 aliphatic rings. The highest BCUT2D eigenvalue weighted by atomic mass is 16.3. The Bertz CT molecular complexity index is 634. The number of carbonyl (C=O) groups excluding carboxylic acids is 1. The van der Waals surface area contributed by atoms with Gasteiger partial charge in [-0.3, -0.25) is 9.48 Å². The number of aliphatic hydroxyl groups is 1. The molecule has 118 valence electrons. The number of nitrogens with zero attached hydrogens (tertiary/aromatic N) is 3. The van der Waals surface area contributed by atoms with Gasteiger partial charge in [-0.2, -0.15) is 5.10 Å². The first-order chi connectivity index (χ1) is 10.3. The lowest BCUT2D eigenvalue weighted by Gasteiger charge is -2.29. The van der Waals surface area contributed by atoms with E-state index in [2.05, 4.69) is 5.10 Å². The second-order valence-electron chi connectivity index (χ2n) is 5.94. The topological polar surface area (TPSA) is 58.4 Å². The van der Waals surface area contributed by atoms with Gasteiger partial charge in [-0.1, -0.05) is 30.3 Å². The molecule has 2 unspecified atom stereocenters. The summed E-state index contributed by atoms with van der Waals surface area (Å²) < 4.78 is 1.71. The normalized spacial score (nSPS) is 15.1. The predicted molar refractivity (Wildman–Crippen MR) is 85.0 cm³/mol. The van der Waals surface area contributed by atoms with Crippen LogP contribution in [0.3, 0.4) is 0 Å². The van der Waals surface area contributed by atoms with Gasteiger partial charge in [0.15, 0.2) is 0 Å². The van der Waals surface area contributed by atoms with Crippen molar-refractivity contribution in [3.8, 4) is 0 Å². The van der Waals surface area contributed by atoms with Crippen molar-refractivity contribution < 1.29 is 9.90 Å². The van der Waals surface area contributed by atoms with Gasteiger partial charge in [0.05, 0.1) is 24.3 Å². The fourth-order valence-corrected chi connectivity index (χ4v) is 2.41. The molecule has 1 heterocycles. The van der Waals surface area contributed by atoms with Crippen LogP contribution in [0.25, 0.3) is 0 Å². The number of amides is 1. The van der Waals surface area contributed by atoms with Crippen LogP contribution in [-0.4, -0.2) is 32.7 Å². The molecule has 0 saturated carbocycles. The Balaban J connectivity index is 2.08. The maximum Gasteiger partial charge on any atom is 0.226 e. The lowest BCUT2D eigenvalue weighted by atomic mass is 9.92. The molecule has 2 atom stereocenters. The molecule has 0 saturated heterocycles. The second kappa shape index (κ2) is 6.32. The van der Waals surface area contributed by atoms with Gasteiger partial charge >= 0.3 is 0 Å². The van der Waals surface area contributed by atoms with Crippen molar-refractivity contribution in [2.75, 3.05) is 7.05 Å². The van der Waals surface area contributed by atoms with Gasteiger partial charge in [0, 0.05) is 25.9 Å². The molecule has 2 aromatic rings. The maximum atomic E-state index is 12.5. The first-order valence-electron chi connectivity index (χ1n) is 7.33. The van der Waals surface area contributed by atoms with E-state index in [0.29, 0.717) is 0 Å². The summed E-state index contributed by atoms with van der Waals surface area (Å²) in [6, 6.07) is 9.17. The zero-order valence-corrected chi connectivity index (χ0v) is 13.5. The van der Waals surface area contributed by atoms with E-state index in [0.717, 1.165) is 11.1 Å². The molecule has 0 radical (unpaired) electrons. The van der Waals surface area contributed by atoms with E-state index in [-0.39, 0.29) is 18.4 Å². The Hall–Kier alpha value is -2.14. The van der Waals surface area contributed by atoms with Gasteiger partial charge in [0.2, 0.25) is 5.91 Å². The molecule has 1 N–H and O–H groups in total. The summed E-state index contributed by atoms with van der Waals surface area (Å²) in [5, 5.41) is 14.7. The Labute approximate surface area is 131 Å². The highest BCUT2D eigenvalue weighted by Crippen LogP contribution is 2.27. The number of hydrogen-bond acceptors (Lipinski definition) is 3. The minimum Gasteiger partial charge on any atom is -0.385 e. The van der Waals surface area contributed by atoms with Crippen LogP contribution < -0.4 is 0 Å². The minimum atomic E-state index is -1.18. The number of aromatic nitrogens is 2. The van der Waals surface area contributed by atoms with Crippen LogP contribution in [0.4, 0.5) is 0 Å². The van der Waals surface area contributed by atoms with E-state index in [1.54, 1.807) is 29.7 Å². The Morgan fingerprint density at radius 3 is 2.59 bits per heavy atom. The van der Waals surface area contributed by atoms with Crippen LogP contribution in [0.2, 0.25) is 0 Å². The number of carbonyl (C=O) groups is 1. The molecule has 5 heteroatoms. The van der Waals surface area contributed by atoms with Crippen LogP contribution in [-0.2, 0) is 17.4 Å². The highest BCUT2D eigenvalue weighted by Gasteiger charge is 2.29. The van der Waals surface area contributed by atoms with E-state index < -0.39 is 5.60 Å². The second-order valence-corrected chi connectivity index (χ2v) is 5.94. The van der Waals surface area contributed by atoms with Gasteiger partial charge in [-0.15, -0.1) is 0 Å². The third kappa shape index (κ3) is 3.54. The van der Waals surface area contributed by atoms with Crippen molar-refractivity contribution in [1.82, 2.24) is 14.7 Å². The van der Waals surface area contributed by atoms with Gasteiger partial charge < -0.3 is 10.0 Å². The number of benzene rings is 1. The Morgan fingerprint density at radius 2 is 2.05 bits per heavy atom. The molecule has 0 fully saturated rings. The van der Waals surface area contributed by atoms with Crippen molar-refractivity contribution >= 4 is 5.91 Å². The van der Waals surface area contributed by atoms with Gasteiger partial charge in [-0.05, 0) is 19.4 Å². The first kappa shape index (κ1) is 16.2. The van der Waals surface area contributed by atoms with E-state index in [9.17, 15) is 9.90 Å². The van der Waals surface area contributed by atoms with Crippen LogP contribution >= 0.6 is 0 Å². The molecule has 1 aromatic carbocycles. The Kier molecular flexibility index (Phi) is 4.66. The molecule has 1 amide bonds. The summed E-state index contributed by atoms with van der Waals surface area (Å²) in [4.78, 5) is 14.1. The van der Waals surface area contributed by atoms with Gasteiger partial charge in [0.25, 0.3) is 0 Å². The first-order valence-corrected chi connectivity index (χ1v) is 7.33. The molecule has 0 spiro atoms. The SMILES string of the molecule is CC(c1cnn(C)c1)N(C)C(=O)CC(C)(O)c1ccccc1. The maximum absolute atomic E-state index is 12.5. The summed E-state index contributed by atoms with van der Waals surface area (Å²) in [5.41, 5.74) is 0.532. The highest BCUT2D eigenvalue weighted by molar-refractivity contribution is 5.77. The smallest absolute Gasteiger partial charge is 0.226 e. The molecule has 5 nitrogen and oxygen atoms in total. The molecule has 0 aliphatic heterocycles. The summed E-state index contributed by atoms with van der Waals surface area (Å²) in [7, 11) is 3.60. The largest absolute Gasteiger partial charge is 0.385 e. The summed E-state index contributed by atoms with van der Waals surface area (Å²) >= 11 is 0. The minimum absolute atomic E-state index is 0.0398. The van der Waals surface area contributed by atoms with Crippen molar-refractivity contribution in [1.29, 1.82) is 0 Å². The average molecular weight is 301 g/mol. The van der Waals surface area contributed by atoms with E-state index >= 15 is 0 Å². The molecular formula is C17H23N3O2. The zero-order chi connectivity index (χ0) is 16.3. The van der Waals surface area contributed by atoms with Crippen LogP contribution in [0.15, 0.2) is 42.7 Å². The van der Waals surface area contributed by atoms with Crippen molar-refractivity contribution in [3.63, 3.8) is 0 Å². The standard InChI is InChI=1S/C17H23N3O2/c1-13(14-11-18-19(3)12-14)20(4)16(21)10-17(2,22)15-8-6-5-7-9-15/h5-9,11-13,22H,10H2,1-4H3. The summed E-state index contributed by atoms with van der Waals surface area (Å²) in [5.74, 6) is -0.106. The Morgan fingerprint density at radius 1 is 1.41 bits per heavy atom. The molecule has 0 aliphatic carbocycles. The van der Waals surface area contributed by atoms with E-state index in [1.807, 2.05) is 50.5 Å². The van der Waals surface area contributed by atoms with E-state index in [1.165, 1.54) is 0 Å². The van der Waals surface area contributed by atoms with Crippen LogP contribution in [0.5, 0.6) is 0 Å². The van der Waals surface area contributed by atoms with Crippen molar-refractivity contribution in [3.05, 3.63) is 53.9 Å². The third-order valence-corrected chi connectivity index (χ3v) is 4.07. The van der Waals surface area contributed by atoms with Gasteiger partial charge in [0.1, 0.15) is 0 Å². The van der Waals surface area contributed by atoms with E-state index in [4.69, 9.17) is 0 Å². The fourth-order valence-electron chi connectivity index (χ4n) is 2.41. The molecule has 2 rings (SSSR count). The molecule has 0 bridgehead atoms. The summed E-state index contributed by atoms with van der Waals surface area (Å²) in [6.07, 6.45) is 3.69. The van der Waals surface area contributed by atoms with Crippen LogP contribution in [0, 0.1) is 0 Å². The average Bonchev–Trinajstić information content (AvgIpc) is 2.92. The van der Waals surface area contributed by atoms with Crippen LogP contribution in [0.1, 0.15) is 37.4 Å².